The molecule has 0 unspecified atom stereocenters. The maximum absolute atomic E-state index is 13.9. The monoisotopic (exact) mass is 500 g/mol. The molecule has 3 aromatic carbocycles. The van der Waals surface area contributed by atoms with E-state index in [-0.39, 0.29) is 11.8 Å². The SMILES string of the molecule is CCCCOc1ccc([C@@H]2[C@H]3C(=O)N(c4ccccc4C)C(=O)[C@@H]3ON2c2ccccc2)cc1OCC. The lowest BCUT2D eigenvalue weighted by atomic mass is 9.90. The Morgan fingerprint density at radius 1 is 0.865 bits per heavy atom. The van der Waals surface area contributed by atoms with E-state index in [0.29, 0.717) is 30.4 Å². The van der Waals surface area contributed by atoms with Crippen LogP contribution in [0, 0.1) is 12.8 Å². The molecule has 2 aliphatic rings. The molecule has 3 atom stereocenters. The maximum Gasteiger partial charge on any atom is 0.266 e. The first-order valence-corrected chi connectivity index (χ1v) is 12.9. The number of anilines is 2. The smallest absolute Gasteiger partial charge is 0.266 e. The average molecular weight is 501 g/mol. The van der Waals surface area contributed by atoms with Crippen LogP contribution in [-0.4, -0.2) is 31.1 Å². The fourth-order valence-corrected chi connectivity index (χ4v) is 5.03. The highest BCUT2D eigenvalue weighted by Gasteiger charge is 2.60. The molecule has 0 spiro atoms. The predicted octanol–water partition coefficient (Wildman–Crippen LogP) is 5.62. The van der Waals surface area contributed by atoms with Crippen LogP contribution in [0.3, 0.4) is 0 Å². The van der Waals surface area contributed by atoms with Crippen LogP contribution in [0.2, 0.25) is 0 Å². The zero-order valence-electron chi connectivity index (χ0n) is 21.4. The Morgan fingerprint density at radius 3 is 2.35 bits per heavy atom. The van der Waals surface area contributed by atoms with Gasteiger partial charge < -0.3 is 9.47 Å². The van der Waals surface area contributed by atoms with Crippen LogP contribution in [0.25, 0.3) is 0 Å². The molecule has 7 nitrogen and oxygen atoms in total. The van der Waals surface area contributed by atoms with Crippen LogP contribution >= 0.6 is 0 Å². The van der Waals surface area contributed by atoms with Crippen molar-refractivity contribution < 1.29 is 23.9 Å². The number of nitrogens with zero attached hydrogens (tertiary/aromatic N) is 2. The summed E-state index contributed by atoms with van der Waals surface area (Å²) in [5.74, 6) is -0.0591. The van der Waals surface area contributed by atoms with Crippen molar-refractivity contribution >= 4 is 23.2 Å². The number of aryl methyl sites for hydroxylation is 1. The molecule has 0 saturated carbocycles. The summed E-state index contributed by atoms with van der Waals surface area (Å²) in [5, 5.41) is 1.70. The van der Waals surface area contributed by atoms with Crippen molar-refractivity contribution in [3.63, 3.8) is 0 Å². The quantitative estimate of drug-likeness (QED) is 0.280. The minimum absolute atomic E-state index is 0.269. The first kappa shape index (κ1) is 24.8. The molecule has 2 saturated heterocycles. The summed E-state index contributed by atoms with van der Waals surface area (Å²) < 4.78 is 11.9. The van der Waals surface area contributed by atoms with Crippen LogP contribution in [0.5, 0.6) is 11.5 Å². The van der Waals surface area contributed by atoms with Crippen molar-refractivity contribution in [1.29, 1.82) is 0 Å². The Hall–Kier alpha value is -3.84. The Morgan fingerprint density at radius 2 is 1.62 bits per heavy atom. The van der Waals surface area contributed by atoms with Crippen molar-refractivity contribution in [2.45, 2.75) is 45.8 Å². The molecule has 2 heterocycles. The average Bonchev–Trinajstić information content (AvgIpc) is 3.42. The van der Waals surface area contributed by atoms with Gasteiger partial charge in [-0.2, -0.15) is 0 Å². The van der Waals surface area contributed by atoms with E-state index in [9.17, 15) is 9.59 Å². The Labute approximate surface area is 217 Å². The molecule has 2 aliphatic heterocycles. The highest BCUT2D eigenvalue weighted by molar-refractivity contribution is 6.24. The molecule has 5 rings (SSSR count). The molecule has 0 N–H and O–H groups in total. The number of benzene rings is 3. The highest BCUT2D eigenvalue weighted by Crippen LogP contribution is 2.49. The topological polar surface area (TPSA) is 68.3 Å². The number of fused-ring (bicyclic) bond motifs is 1. The third kappa shape index (κ3) is 4.55. The summed E-state index contributed by atoms with van der Waals surface area (Å²) in [4.78, 5) is 35.0. The third-order valence-corrected chi connectivity index (χ3v) is 6.85. The van der Waals surface area contributed by atoms with E-state index < -0.39 is 18.1 Å². The Balaban J connectivity index is 1.56. The molecular formula is C30H32N2O5. The van der Waals surface area contributed by atoms with E-state index in [1.54, 1.807) is 11.1 Å². The molecule has 0 aliphatic carbocycles. The minimum Gasteiger partial charge on any atom is -0.490 e. The van der Waals surface area contributed by atoms with Gasteiger partial charge in [0.25, 0.3) is 5.91 Å². The van der Waals surface area contributed by atoms with Crippen molar-refractivity contribution in [3.8, 4) is 11.5 Å². The van der Waals surface area contributed by atoms with Gasteiger partial charge in [-0.3, -0.25) is 14.4 Å². The normalized spacial score (nSPS) is 20.9. The number of carbonyl (C=O) groups is 2. The molecule has 0 radical (unpaired) electrons. The van der Waals surface area contributed by atoms with Crippen LogP contribution < -0.4 is 19.4 Å². The van der Waals surface area contributed by atoms with Gasteiger partial charge in [0.1, 0.15) is 5.92 Å². The molecule has 7 heteroatoms. The maximum atomic E-state index is 13.9. The van der Waals surface area contributed by atoms with Crippen LogP contribution in [0.1, 0.15) is 43.9 Å². The van der Waals surface area contributed by atoms with Crippen LogP contribution in [0.4, 0.5) is 11.4 Å². The number of amides is 2. The molecule has 3 aromatic rings. The Bertz CT molecular complexity index is 1280. The molecule has 37 heavy (non-hydrogen) atoms. The number of unbranched alkanes of at least 4 members (excludes halogenated alkanes) is 1. The summed E-state index contributed by atoms with van der Waals surface area (Å²) >= 11 is 0. The fraction of sp³-hybridized carbons (Fsp3) is 0.333. The van der Waals surface area contributed by atoms with Gasteiger partial charge in [0.2, 0.25) is 5.91 Å². The van der Waals surface area contributed by atoms with Gasteiger partial charge in [0.05, 0.1) is 30.6 Å². The van der Waals surface area contributed by atoms with Gasteiger partial charge in [0.15, 0.2) is 17.6 Å². The lowest BCUT2D eigenvalue weighted by Crippen LogP contribution is -2.37. The van der Waals surface area contributed by atoms with E-state index >= 15 is 0 Å². The van der Waals surface area contributed by atoms with Gasteiger partial charge in [-0.25, -0.2) is 9.96 Å². The number of imide groups is 1. The molecule has 0 bridgehead atoms. The molecule has 0 aromatic heterocycles. The summed E-state index contributed by atoms with van der Waals surface area (Å²) in [6.07, 6.45) is 1.05. The summed E-state index contributed by atoms with van der Waals surface area (Å²) in [6.45, 7) is 7.00. The third-order valence-electron chi connectivity index (χ3n) is 6.85. The number of hydrogen-bond donors (Lipinski definition) is 0. The first-order valence-electron chi connectivity index (χ1n) is 12.9. The first-order chi connectivity index (χ1) is 18.0. The highest BCUT2D eigenvalue weighted by atomic mass is 16.7. The summed E-state index contributed by atoms with van der Waals surface area (Å²) in [5.41, 5.74) is 3.03. The Kier molecular flexibility index (Phi) is 7.15. The summed E-state index contributed by atoms with van der Waals surface area (Å²) in [7, 11) is 0. The number of ether oxygens (including phenoxy) is 2. The second-order valence-corrected chi connectivity index (χ2v) is 9.30. The fourth-order valence-electron chi connectivity index (χ4n) is 5.03. The second kappa shape index (κ2) is 10.6. The van der Waals surface area contributed by atoms with Crippen LogP contribution in [0.15, 0.2) is 72.8 Å². The predicted molar refractivity (Wildman–Crippen MR) is 142 cm³/mol. The molecule has 2 amide bonds. The minimum atomic E-state index is -0.923. The van der Waals surface area contributed by atoms with Crippen molar-refractivity contribution in [3.05, 3.63) is 83.9 Å². The van der Waals surface area contributed by atoms with Crippen molar-refractivity contribution in [1.82, 2.24) is 0 Å². The molecular weight excluding hydrogens is 468 g/mol. The number of rotatable bonds is 9. The number of carbonyl (C=O) groups excluding carboxylic acids is 2. The molecule has 2 fully saturated rings. The molecule has 192 valence electrons. The van der Waals surface area contributed by atoms with E-state index in [0.717, 1.165) is 29.7 Å². The number of para-hydroxylation sites is 2. The van der Waals surface area contributed by atoms with Gasteiger partial charge in [-0.15, -0.1) is 0 Å². The van der Waals surface area contributed by atoms with Gasteiger partial charge >= 0.3 is 0 Å². The second-order valence-electron chi connectivity index (χ2n) is 9.30. The number of hydroxylamine groups is 1. The lowest BCUT2D eigenvalue weighted by molar-refractivity contribution is -0.126. The number of hydrogen-bond acceptors (Lipinski definition) is 6. The van der Waals surface area contributed by atoms with Gasteiger partial charge in [-0.05, 0) is 61.7 Å². The van der Waals surface area contributed by atoms with Crippen LogP contribution in [-0.2, 0) is 14.4 Å². The van der Waals surface area contributed by atoms with Gasteiger partial charge in [-0.1, -0.05) is 55.8 Å². The zero-order valence-corrected chi connectivity index (χ0v) is 21.4. The van der Waals surface area contributed by atoms with E-state index in [4.69, 9.17) is 14.3 Å². The van der Waals surface area contributed by atoms with E-state index in [1.807, 2.05) is 80.6 Å². The lowest BCUT2D eigenvalue weighted by Gasteiger charge is -2.29. The van der Waals surface area contributed by atoms with E-state index in [2.05, 4.69) is 6.92 Å². The largest absolute Gasteiger partial charge is 0.490 e. The van der Waals surface area contributed by atoms with Gasteiger partial charge in [0, 0.05) is 0 Å². The summed E-state index contributed by atoms with van der Waals surface area (Å²) in [6, 6.07) is 22.2. The van der Waals surface area contributed by atoms with Crippen molar-refractivity contribution in [2.24, 2.45) is 5.92 Å². The zero-order chi connectivity index (χ0) is 25.9. The standard InChI is InChI=1S/C30H32N2O5/c1-4-6-18-36-24-17-16-21(19-25(24)35-5-2)27-26-28(37-32(27)22-13-8-7-9-14-22)30(34)31(29(26)33)23-15-11-10-12-20(23)3/h7-17,19,26-28H,4-6,18H2,1-3H3/t26-,27-,28-/m1/s1. The van der Waals surface area contributed by atoms with Crippen molar-refractivity contribution in [2.75, 3.05) is 23.2 Å². The van der Waals surface area contributed by atoms with E-state index in [1.165, 1.54) is 4.90 Å².